The summed E-state index contributed by atoms with van der Waals surface area (Å²) in [6.45, 7) is 7.68. The summed E-state index contributed by atoms with van der Waals surface area (Å²) < 4.78 is 10.7. The molecule has 1 aromatic carbocycles. The molecule has 0 bridgehead atoms. The van der Waals surface area contributed by atoms with Crippen molar-refractivity contribution >= 4 is 23.6 Å². The van der Waals surface area contributed by atoms with Gasteiger partial charge in [-0.15, -0.1) is 0 Å². The topological polar surface area (TPSA) is 38.8 Å². The fourth-order valence-electron chi connectivity index (χ4n) is 1.95. The van der Waals surface area contributed by atoms with Crippen LogP contribution in [0.25, 0.3) is 6.08 Å². The van der Waals surface area contributed by atoms with E-state index in [2.05, 4.69) is 0 Å². The molecule has 0 saturated carbocycles. The van der Waals surface area contributed by atoms with E-state index in [1.165, 1.54) is 0 Å². The van der Waals surface area contributed by atoms with Gasteiger partial charge in [0, 0.05) is 19.2 Å². The summed E-state index contributed by atoms with van der Waals surface area (Å²) in [5.74, 6) is 1.05. The monoisotopic (exact) mass is 311 g/mol. The summed E-state index contributed by atoms with van der Waals surface area (Å²) in [4.78, 5) is 13.7. The highest BCUT2D eigenvalue weighted by Crippen LogP contribution is 2.36. The number of rotatable bonds is 7. The van der Waals surface area contributed by atoms with Crippen LogP contribution in [0.4, 0.5) is 0 Å². The largest absolute Gasteiger partial charge is 0.491 e. The van der Waals surface area contributed by atoms with Crippen LogP contribution in [0.2, 0.25) is 5.02 Å². The number of benzene rings is 1. The summed E-state index contributed by atoms with van der Waals surface area (Å²) in [5.41, 5.74) is 0.796. The Balaban J connectivity index is 3.01. The first-order chi connectivity index (χ1) is 10.1. The van der Waals surface area contributed by atoms with E-state index in [0.717, 1.165) is 5.56 Å². The maximum atomic E-state index is 11.9. The molecule has 0 heterocycles. The molecule has 0 N–H and O–H groups in total. The Labute approximate surface area is 131 Å². The van der Waals surface area contributed by atoms with Gasteiger partial charge in [0.15, 0.2) is 11.5 Å². The number of ether oxygens (including phenoxy) is 2. The van der Waals surface area contributed by atoms with Gasteiger partial charge in [-0.05, 0) is 44.5 Å². The standard InChI is InChI=1S/C16H22ClNO3/c1-5-18(6-2)15(19)9-8-12-10-13(17)16(20-4)14(11-12)21-7-3/h8-11H,5-7H2,1-4H3. The van der Waals surface area contributed by atoms with E-state index in [0.29, 0.717) is 36.2 Å². The van der Waals surface area contributed by atoms with Gasteiger partial charge in [0.2, 0.25) is 5.91 Å². The van der Waals surface area contributed by atoms with Crippen LogP contribution in [0.1, 0.15) is 26.3 Å². The van der Waals surface area contributed by atoms with E-state index in [1.807, 2.05) is 20.8 Å². The van der Waals surface area contributed by atoms with Gasteiger partial charge in [0.1, 0.15) is 0 Å². The second kappa shape index (κ2) is 8.57. The van der Waals surface area contributed by atoms with Gasteiger partial charge in [0.05, 0.1) is 18.7 Å². The number of halogens is 1. The minimum absolute atomic E-state index is 0.0232. The zero-order valence-electron chi connectivity index (χ0n) is 13.0. The Morgan fingerprint density at radius 2 is 1.95 bits per heavy atom. The lowest BCUT2D eigenvalue weighted by Gasteiger charge is -2.16. The third-order valence-corrected chi connectivity index (χ3v) is 3.31. The van der Waals surface area contributed by atoms with Gasteiger partial charge < -0.3 is 14.4 Å². The second-order valence-corrected chi connectivity index (χ2v) is 4.72. The summed E-state index contributed by atoms with van der Waals surface area (Å²) in [5, 5.41) is 0.457. The van der Waals surface area contributed by atoms with Gasteiger partial charge in [-0.2, -0.15) is 0 Å². The van der Waals surface area contributed by atoms with Crippen molar-refractivity contribution in [2.75, 3.05) is 26.8 Å². The van der Waals surface area contributed by atoms with Crippen molar-refractivity contribution in [3.05, 3.63) is 28.8 Å². The first-order valence-electron chi connectivity index (χ1n) is 7.04. The van der Waals surface area contributed by atoms with Gasteiger partial charge in [-0.25, -0.2) is 0 Å². The van der Waals surface area contributed by atoms with Gasteiger partial charge in [-0.1, -0.05) is 11.6 Å². The fourth-order valence-corrected chi connectivity index (χ4v) is 2.25. The highest BCUT2D eigenvalue weighted by atomic mass is 35.5. The highest BCUT2D eigenvalue weighted by Gasteiger charge is 2.11. The van der Waals surface area contributed by atoms with Crippen molar-refractivity contribution < 1.29 is 14.3 Å². The molecule has 1 rings (SSSR count). The van der Waals surface area contributed by atoms with E-state index >= 15 is 0 Å². The van der Waals surface area contributed by atoms with E-state index in [9.17, 15) is 4.79 Å². The molecule has 0 aromatic heterocycles. The number of carbonyl (C=O) groups is 1. The Kier molecular flexibility index (Phi) is 7.09. The molecule has 0 atom stereocenters. The quantitative estimate of drug-likeness (QED) is 0.722. The molecule has 5 heteroatoms. The summed E-state index contributed by atoms with van der Waals surface area (Å²) >= 11 is 6.17. The first-order valence-corrected chi connectivity index (χ1v) is 7.42. The molecule has 0 aliphatic heterocycles. The lowest BCUT2D eigenvalue weighted by Crippen LogP contribution is -2.28. The third-order valence-electron chi connectivity index (χ3n) is 3.03. The molecule has 0 aliphatic carbocycles. The van der Waals surface area contributed by atoms with Crippen LogP contribution in [0, 0.1) is 0 Å². The van der Waals surface area contributed by atoms with Crippen LogP contribution in [0.3, 0.4) is 0 Å². The third kappa shape index (κ3) is 4.67. The smallest absolute Gasteiger partial charge is 0.246 e. The minimum atomic E-state index is -0.0232. The van der Waals surface area contributed by atoms with Crippen LogP contribution in [0.15, 0.2) is 18.2 Å². The zero-order valence-corrected chi connectivity index (χ0v) is 13.7. The van der Waals surface area contributed by atoms with Crippen molar-refractivity contribution in [1.82, 2.24) is 4.90 Å². The average Bonchev–Trinajstić information content (AvgIpc) is 2.46. The molecule has 1 amide bonds. The number of carbonyl (C=O) groups excluding carboxylic acids is 1. The maximum absolute atomic E-state index is 11.9. The number of nitrogens with zero attached hydrogens (tertiary/aromatic N) is 1. The Bertz CT molecular complexity index is 510. The molecule has 0 fully saturated rings. The van der Waals surface area contributed by atoms with Crippen molar-refractivity contribution in [3.8, 4) is 11.5 Å². The van der Waals surface area contributed by atoms with Crippen LogP contribution in [0.5, 0.6) is 11.5 Å². The SMILES string of the molecule is CCOc1cc(C=CC(=O)N(CC)CC)cc(Cl)c1OC. The summed E-state index contributed by atoms with van der Waals surface area (Å²) in [6.07, 6.45) is 3.27. The molecule has 0 radical (unpaired) electrons. The van der Waals surface area contributed by atoms with E-state index in [4.69, 9.17) is 21.1 Å². The number of amides is 1. The number of hydrogen-bond donors (Lipinski definition) is 0. The molecular formula is C16H22ClNO3. The van der Waals surface area contributed by atoms with Crippen molar-refractivity contribution in [1.29, 1.82) is 0 Å². The predicted molar refractivity (Wildman–Crippen MR) is 86.1 cm³/mol. The van der Waals surface area contributed by atoms with Crippen LogP contribution in [-0.4, -0.2) is 37.6 Å². The lowest BCUT2D eigenvalue weighted by molar-refractivity contribution is -0.125. The number of hydrogen-bond acceptors (Lipinski definition) is 3. The van der Waals surface area contributed by atoms with Crippen LogP contribution in [-0.2, 0) is 4.79 Å². The molecular weight excluding hydrogens is 290 g/mol. The normalized spacial score (nSPS) is 10.7. The van der Waals surface area contributed by atoms with Crippen molar-refractivity contribution in [2.24, 2.45) is 0 Å². The molecule has 21 heavy (non-hydrogen) atoms. The van der Waals surface area contributed by atoms with Crippen LogP contribution >= 0.6 is 11.6 Å². The Morgan fingerprint density at radius 1 is 1.29 bits per heavy atom. The predicted octanol–water partition coefficient (Wildman–Crippen LogP) is 3.63. The van der Waals surface area contributed by atoms with E-state index in [-0.39, 0.29) is 5.91 Å². The Morgan fingerprint density at radius 3 is 2.48 bits per heavy atom. The van der Waals surface area contributed by atoms with Crippen molar-refractivity contribution in [3.63, 3.8) is 0 Å². The van der Waals surface area contributed by atoms with E-state index in [1.54, 1.807) is 36.3 Å². The number of methoxy groups -OCH3 is 1. The molecule has 1 aromatic rings. The van der Waals surface area contributed by atoms with Crippen LogP contribution < -0.4 is 9.47 Å². The molecule has 0 saturated heterocycles. The highest BCUT2D eigenvalue weighted by molar-refractivity contribution is 6.32. The molecule has 116 valence electrons. The zero-order chi connectivity index (χ0) is 15.8. The van der Waals surface area contributed by atoms with Gasteiger partial charge in [0.25, 0.3) is 0 Å². The molecule has 0 aliphatic rings. The van der Waals surface area contributed by atoms with E-state index < -0.39 is 0 Å². The van der Waals surface area contributed by atoms with Gasteiger partial charge >= 0.3 is 0 Å². The Hall–Kier alpha value is -1.68. The van der Waals surface area contributed by atoms with Crippen molar-refractivity contribution in [2.45, 2.75) is 20.8 Å². The fraction of sp³-hybridized carbons (Fsp3) is 0.438. The minimum Gasteiger partial charge on any atom is -0.491 e. The maximum Gasteiger partial charge on any atom is 0.246 e. The average molecular weight is 312 g/mol. The second-order valence-electron chi connectivity index (χ2n) is 4.31. The molecule has 0 unspecified atom stereocenters. The lowest BCUT2D eigenvalue weighted by atomic mass is 10.2. The molecule has 0 spiro atoms. The van der Waals surface area contributed by atoms with Gasteiger partial charge in [-0.3, -0.25) is 4.79 Å². The number of likely N-dealkylation sites (N-methyl/N-ethyl adjacent to an activating group) is 1. The molecule has 4 nitrogen and oxygen atoms in total. The summed E-state index contributed by atoms with van der Waals surface area (Å²) in [6, 6.07) is 3.55. The summed E-state index contributed by atoms with van der Waals surface area (Å²) in [7, 11) is 1.54. The first kappa shape index (κ1) is 17.4.